The van der Waals surface area contributed by atoms with Gasteiger partial charge >= 0.3 is 6.18 Å². The molecule has 0 radical (unpaired) electrons. The maximum absolute atomic E-state index is 13.9. The lowest BCUT2D eigenvalue weighted by Crippen LogP contribution is -2.17. The summed E-state index contributed by atoms with van der Waals surface area (Å²) < 4.78 is 51.4. The van der Waals surface area contributed by atoms with E-state index in [4.69, 9.17) is 0 Å². The van der Waals surface area contributed by atoms with E-state index < -0.39 is 18.5 Å². The van der Waals surface area contributed by atoms with Gasteiger partial charge in [0.2, 0.25) is 0 Å². The lowest BCUT2D eigenvalue weighted by Gasteiger charge is -2.06. The molecule has 1 heterocycles. The average Bonchev–Trinajstić information content (AvgIpc) is 2.75. The van der Waals surface area contributed by atoms with Gasteiger partial charge in [-0.15, -0.1) is 0 Å². The molecule has 0 saturated heterocycles. The SMILES string of the molecule is CSCc1ccc(-c2ccn(CC(F)(F)F)n2)c(F)c1. The van der Waals surface area contributed by atoms with Crippen molar-refractivity contribution in [3.8, 4) is 11.3 Å². The Kier molecular flexibility index (Phi) is 4.37. The number of rotatable bonds is 4. The second-order valence-electron chi connectivity index (χ2n) is 4.26. The number of hydrogen-bond acceptors (Lipinski definition) is 2. The van der Waals surface area contributed by atoms with E-state index in [1.165, 1.54) is 18.3 Å². The van der Waals surface area contributed by atoms with Crippen LogP contribution in [0.4, 0.5) is 17.6 Å². The van der Waals surface area contributed by atoms with Crippen LogP contribution in [0.15, 0.2) is 30.5 Å². The first kappa shape index (κ1) is 14.9. The maximum Gasteiger partial charge on any atom is 0.408 e. The van der Waals surface area contributed by atoms with E-state index in [0.717, 1.165) is 10.2 Å². The van der Waals surface area contributed by atoms with E-state index in [1.54, 1.807) is 23.9 Å². The van der Waals surface area contributed by atoms with Gasteiger partial charge in [0.25, 0.3) is 0 Å². The molecule has 108 valence electrons. The first-order valence-electron chi connectivity index (χ1n) is 5.77. The molecule has 0 N–H and O–H groups in total. The van der Waals surface area contributed by atoms with Crippen LogP contribution in [0.5, 0.6) is 0 Å². The van der Waals surface area contributed by atoms with Crippen molar-refractivity contribution in [2.45, 2.75) is 18.5 Å². The van der Waals surface area contributed by atoms with Gasteiger partial charge in [0, 0.05) is 17.5 Å². The highest BCUT2D eigenvalue weighted by atomic mass is 32.2. The molecule has 7 heteroatoms. The van der Waals surface area contributed by atoms with Crippen molar-refractivity contribution >= 4 is 11.8 Å². The molecule has 0 aliphatic heterocycles. The summed E-state index contributed by atoms with van der Waals surface area (Å²) in [6.45, 7) is -1.18. The second kappa shape index (κ2) is 5.87. The van der Waals surface area contributed by atoms with Gasteiger partial charge in [-0.1, -0.05) is 6.07 Å². The van der Waals surface area contributed by atoms with Crippen molar-refractivity contribution in [3.63, 3.8) is 0 Å². The minimum Gasteiger partial charge on any atom is -0.263 e. The van der Waals surface area contributed by atoms with Gasteiger partial charge in [0.15, 0.2) is 0 Å². The largest absolute Gasteiger partial charge is 0.408 e. The highest BCUT2D eigenvalue weighted by molar-refractivity contribution is 7.97. The van der Waals surface area contributed by atoms with Crippen LogP contribution in [0.1, 0.15) is 5.56 Å². The zero-order valence-corrected chi connectivity index (χ0v) is 11.4. The van der Waals surface area contributed by atoms with Crippen LogP contribution in [-0.4, -0.2) is 22.2 Å². The molecule has 20 heavy (non-hydrogen) atoms. The predicted octanol–water partition coefficient (Wildman–Crippen LogP) is 4.11. The summed E-state index contributed by atoms with van der Waals surface area (Å²) in [7, 11) is 0. The van der Waals surface area contributed by atoms with Crippen molar-refractivity contribution in [2.24, 2.45) is 0 Å². The maximum atomic E-state index is 13.9. The van der Waals surface area contributed by atoms with Crippen molar-refractivity contribution in [3.05, 3.63) is 41.8 Å². The summed E-state index contributed by atoms with van der Waals surface area (Å²) in [5.74, 6) is 0.202. The number of benzene rings is 1. The van der Waals surface area contributed by atoms with Crippen molar-refractivity contribution in [2.75, 3.05) is 6.26 Å². The Bertz CT molecular complexity index is 592. The zero-order valence-electron chi connectivity index (χ0n) is 10.6. The minimum atomic E-state index is -4.34. The van der Waals surface area contributed by atoms with Gasteiger partial charge < -0.3 is 0 Å². The molecule has 0 aliphatic rings. The van der Waals surface area contributed by atoms with E-state index >= 15 is 0 Å². The van der Waals surface area contributed by atoms with E-state index in [9.17, 15) is 17.6 Å². The summed E-state index contributed by atoms with van der Waals surface area (Å²) in [4.78, 5) is 0. The third-order valence-electron chi connectivity index (χ3n) is 2.60. The molecule has 0 saturated carbocycles. The van der Waals surface area contributed by atoms with Crippen LogP contribution in [0, 0.1) is 5.82 Å². The molecule has 1 aromatic heterocycles. The predicted molar refractivity (Wildman–Crippen MR) is 70.9 cm³/mol. The highest BCUT2D eigenvalue weighted by Crippen LogP contribution is 2.24. The number of thioether (sulfide) groups is 1. The summed E-state index contributed by atoms with van der Waals surface area (Å²) in [5.41, 5.74) is 1.23. The monoisotopic (exact) mass is 304 g/mol. The normalized spacial score (nSPS) is 11.8. The molecular weight excluding hydrogens is 292 g/mol. The van der Waals surface area contributed by atoms with Crippen LogP contribution in [0.2, 0.25) is 0 Å². The Hall–Kier alpha value is -1.50. The molecule has 2 rings (SSSR count). The van der Waals surface area contributed by atoms with Gasteiger partial charge in [0.05, 0.1) is 5.69 Å². The zero-order chi connectivity index (χ0) is 14.8. The fourth-order valence-corrected chi connectivity index (χ4v) is 2.31. The summed E-state index contributed by atoms with van der Waals surface area (Å²) >= 11 is 1.56. The quantitative estimate of drug-likeness (QED) is 0.791. The third-order valence-corrected chi connectivity index (χ3v) is 3.22. The number of halogens is 4. The average molecular weight is 304 g/mol. The first-order valence-corrected chi connectivity index (χ1v) is 7.16. The topological polar surface area (TPSA) is 17.8 Å². The van der Waals surface area contributed by atoms with Gasteiger partial charge in [0.1, 0.15) is 12.4 Å². The molecule has 2 nitrogen and oxygen atoms in total. The number of aromatic nitrogens is 2. The van der Waals surface area contributed by atoms with Gasteiger partial charge in [-0.3, -0.25) is 4.68 Å². The van der Waals surface area contributed by atoms with E-state index in [0.29, 0.717) is 5.75 Å². The first-order chi connectivity index (χ1) is 9.39. The van der Waals surface area contributed by atoms with E-state index in [2.05, 4.69) is 5.10 Å². The molecule has 0 amide bonds. The fourth-order valence-electron chi connectivity index (χ4n) is 1.80. The molecule has 0 spiro atoms. The van der Waals surface area contributed by atoms with Crippen LogP contribution in [0.3, 0.4) is 0 Å². The van der Waals surface area contributed by atoms with E-state index in [-0.39, 0.29) is 11.3 Å². The lowest BCUT2D eigenvalue weighted by molar-refractivity contribution is -0.142. The Morgan fingerprint density at radius 3 is 2.60 bits per heavy atom. The fraction of sp³-hybridized carbons (Fsp3) is 0.308. The molecule has 0 atom stereocenters. The van der Waals surface area contributed by atoms with E-state index in [1.807, 2.05) is 6.26 Å². The van der Waals surface area contributed by atoms with Crippen LogP contribution >= 0.6 is 11.8 Å². The smallest absolute Gasteiger partial charge is 0.263 e. The molecule has 1 aromatic carbocycles. The summed E-state index contributed by atoms with van der Waals surface area (Å²) in [6, 6.07) is 6.05. The number of nitrogens with zero attached hydrogens (tertiary/aromatic N) is 2. The molecule has 0 fully saturated rings. The molecule has 0 bridgehead atoms. The van der Waals surface area contributed by atoms with Crippen molar-refractivity contribution < 1.29 is 17.6 Å². The second-order valence-corrected chi connectivity index (χ2v) is 5.13. The molecule has 0 unspecified atom stereocenters. The molecule has 2 aromatic rings. The molecular formula is C13H12F4N2S. The van der Waals surface area contributed by atoms with Gasteiger partial charge in [-0.05, 0) is 30.0 Å². The Balaban J connectivity index is 2.24. The Labute approximate surface area is 117 Å². The third kappa shape index (κ3) is 3.75. The molecule has 0 aliphatic carbocycles. The Morgan fingerprint density at radius 2 is 2.00 bits per heavy atom. The van der Waals surface area contributed by atoms with Gasteiger partial charge in [-0.25, -0.2) is 4.39 Å². The van der Waals surface area contributed by atoms with Gasteiger partial charge in [-0.2, -0.15) is 30.0 Å². The number of alkyl halides is 3. The summed E-state index contributed by atoms with van der Waals surface area (Å²) in [5, 5.41) is 3.75. The Morgan fingerprint density at radius 1 is 1.25 bits per heavy atom. The highest BCUT2D eigenvalue weighted by Gasteiger charge is 2.28. The van der Waals surface area contributed by atoms with Crippen LogP contribution in [0.25, 0.3) is 11.3 Å². The van der Waals surface area contributed by atoms with Crippen LogP contribution < -0.4 is 0 Å². The minimum absolute atomic E-state index is 0.197. The van der Waals surface area contributed by atoms with Crippen LogP contribution in [-0.2, 0) is 12.3 Å². The lowest BCUT2D eigenvalue weighted by atomic mass is 10.1. The number of hydrogen-bond donors (Lipinski definition) is 0. The standard InChI is InChI=1S/C13H12F4N2S/c1-20-7-9-2-3-10(11(14)6-9)12-4-5-19(18-12)8-13(15,16)17/h2-6H,7-8H2,1H3. The van der Waals surface area contributed by atoms with Crippen molar-refractivity contribution in [1.82, 2.24) is 9.78 Å². The summed E-state index contributed by atoms with van der Waals surface area (Å²) in [6.07, 6.45) is -1.24. The van der Waals surface area contributed by atoms with Crippen molar-refractivity contribution in [1.29, 1.82) is 0 Å².